The summed E-state index contributed by atoms with van der Waals surface area (Å²) in [6.45, 7) is 8.94. The van der Waals surface area contributed by atoms with Crippen LogP contribution >= 0.6 is 11.3 Å². The number of carbonyl (C=O) groups excluding carboxylic acids is 1. The number of rotatable bonds is 4. The molecule has 1 aromatic heterocycles. The fraction of sp³-hybridized carbons (Fsp3) is 0.636. The van der Waals surface area contributed by atoms with Gasteiger partial charge in [-0.25, -0.2) is 0 Å². The molecule has 2 fully saturated rings. The third-order valence-electron chi connectivity index (χ3n) is 6.33. The highest BCUT2D eigenvalue weighted by Crippen LogP contribution is 2.44. The van der Waals surface area contributed by atoms with Gasteiger partial charge in [-0.05, 0) is 43.2 Å². The lowest BCUT2D eigenvalue weighted by molar-refractivity contribution is -0.122. The molecule has 3 aliphatic rings. The van der Waals surface area contributed by atoms with E-state index in [1.165, 1.54) is 10.4 Å². The molecular formula is C22H32N2O5S. The van der Waals surface area contributed by atoms with E-state index in [0.717, 1.165) is 69.8 Å². The lowest BCUT2D eigenvalue weighted by Crippen LogP contribution is -2.46. The van der Waals surface area contributed by atoms with Crippen molar-refractivity contribution in [1.82, 2.24) is 9.80 Å². The first kappa shape index (κ1) is 22.9. The number of carboxylic acid groups (broad SMARTS) is 1. The van der Waals surface area contributed by atoms with Crippen molar-refractivity contribution >= 4 is 23.7 Å². The number of aliphatic hydroxyl groups is 1. The lowest BCUT2D eigenvalue weighted by atomic mass is 9.82. The first-order valence-corrected chi connectivity index (χ1v) is 11.5. The van der Waals surface area contributed by atoms with Crippen molar-refractivity contribution in [3.8, 4) is 0 Å². The van der Waals surface area contributed by atoms with Crippen LogP contribution in [0.4, 0.5) is 0 Å². The van der Waals surface area contributed by atoms with Gasteiger partial charge in [-0.3, -0.25) is 14.5 Å². The van der Waals surface area contributed by atoms with Crippen molar-refractivity contribution in [2.24, 2.45) is 5.92 Å². The molecule has 4 rings (SSSR count). The van der Waals surface area contributed by atoms with Gasteiger partial charge in [-0.1, -0.05) is 6.08 Å². The summed E-state index contributed by atoms with van der Waals surface area (Å²) in [7, 11) is 0. The van der Waals surface area contributed by atoms with Gasteiger partial charge in [0, 0.05) is 50.6 Å². The molecule has 2 N–H and O–H groups in total. The molecule has 3 aliphatic heterocycles. The van der Waals surface area contributed by atoms with Gasteiger partial charge in [0.25, 0.3) is 12.4 Å². The van der Waals surface area contributed by atoms with Gasteiger partial charge in [-0.2, -0.15) is 0 Å². The standard InChI is InChI=1S/C21H30N2O3S.CH2O2/c1-2-8-22-10-6-21(7-11-22)17-13-19(27-18(17)5-12-26-21)20(25)23-9-3-4-16(14-23)15-24;2-1-3/h2,13,16,24H,1,3-12,14-15H2;1H,(H,2,3). The number of hydrogen-bond acceptors (Lipinski definition) is 6. The highest BCUT2D eigenvalue weighted by Gasteiger charge is 2.42. The number of piperidine rings is 2. The molecule has 2 saturated heterocycles. The molecule has 1 amide bonds. The second kappa shape index (κ2) is 10.5. The molecule has 0 aromatic carbocycles. The van der Waals surface area contributed by atoms with Gasteiger partial charge >= 0.3 is 0 Å². The van der Waals surface area contributed by atoms with Crippen LogP contribution in [0, 0.1) is 5.92 Å². The van der Waals surface area contributed by atoms with Crippen LogP contribution in [-0.2, 0) is 21.6 Å². The molecular weight excluding hydrogens is 404 g/mol. The second-order valence-corrected chi connectivity index (χ2v) is 9.31. The van der Waals surface area contributed by atoms with Crippen LogP contribution in [0.2, 0.25) is 0 Å². The Kier molecular flexibility index (Phi) is 8.05. The first-order chi connectivity index (χ1) is 14.6. The van der Waals surface area contributed by atoms with Crippen molar-refractivity contribution in [3.63, 3.8) is 0 Å². The molecule has 1 unspecified atom stereocenters. The molecule has 4 heterocycles. The Bertz CT molecular complexity index is 742. The minimum absolute atomic E-state index is 0.131. The predicted octanol–water partition coefficient (Wildman–Crippen LogP) is 2.34. The molecule has 1 aromatic rings. The smallest absolute Gasteiger partial charge is 0.290 e. The van der Waals surface area contributed by atoms with Gasteiger partial charge in [0.15, 0.2) is 0 Å². The normalized spacial score (nSPS) is 23.2. The zero-order chi connectivity index (χ0) is 21.6. The van der Waals surface area contributed by atoms with E-state index in [-0.39, 0.29) is 30.5 Å². The van der Waals surface area contributed by atoms with Crippen LogP contribution in [0.3, 0.4) is 0 Å². The Morgan fingerprint density at radius 2 is 2.10 bits per heavy atom. The minimum Gasteiger partial charge on any atom is -0.483 e. The van der Waals surface area contributed by atoms with Gasteiger partial charge in [0.05, 0.1) is 17.1 Å². The molecule has 0 aliphatic carbocycles. The summed E-state index contributed by atoms with van der Waals surface area (Å²) in [5.41, 5.74) is 1.05. The van der Waals surface area contributed by atoms with Crippen LogP contribution in [0.25, 0.3) is 0 Å². The lowest BCUT2D eigenvalue weighted by Gasteiger charge is -2.43. The van der Waals surface area contributed by atoms with Gasteiger partial charge in [0.2, 0.25) is 0 Å². The maximum Gasteiger partial charge on any atom is 0.290 e. The largest absolute Gasteiger partial charge is 0.483 e. The first-order valence-electron chi connectivity index (χ1n) is 10.6. The molecule has 166 valence electrons. The number of likely N-dealkylation sites (tertiary alicyclic amines) is 2. The van der Waals surface area contributed by atoms with Crippen LogP contribution < -0.4 is 0 Å². The van der Waals surface area contributed by atoms with E-state index in [4.69, 9.17) is 14.6 Å². The molecule has 30 heavy (non-hydrogen) atoms. The Morgan fingerprint density at radius 3 is 2.77 bits per heavy atom. The van der Waals surface area contributed by atoms with E-state index in [9.17, 15) is 9.90 Å². The second-order valence-electron chi connectivity index (χ2n) is 8.18. The minimum atomic E-state index is -0.250. The molecule has 1 spiro atoms. The summed E-state index contributed by atoms with van der Waals surface area (Å²) in [5, 5.41) is 16.3. The van der Waals surface area contributed by atoms with Crippen molar-refractivity contribution in [1.29, 1.82) is 0 Å². The Labute approximate surface area is 181 Å². The average molecular weight is 437 g/mol. The SMILES string of the molecule is C=CCN1CCC2(CC1)OCCc1sc(C(=O)N3CCCC(CO)C3)cc12.O=CO. The summed E-state index contributed by atoms with van der Waals surface area (Å²) in [6, 6.07) is 2.12. The fourth-order valence-corrected chi connectivity index (χ4v) is 5.97. The third kappa shape index (κ3) is 4.94. The number of aliphatic hydroxyl groups excluding tert-OH is 1. The number of nitrogens with zero attached hydrogens (tertiary/aromatic N) is 2. The molecule has 8 heteroatoms. The van der Waals surface area contributed by atoms with Crippen molar-refractivity contribution in [2.75, 3.05) is 45.9 Å². The summed E-state index contributed by atoms with van der Waals surface area (Å²) < 4.78 is 6.33. The van der Waals surface area contributed by atoms with Crippen LogP contribution in [0.15, 0.2) is 18.7 Å². The summed E-state index contributed by atoms with van der Waals surface area (Å²) in [6.07, 6.45) is 6.83. The number of ether oxygens (including phenoxy) is 1. The number of fused-ring (bicyclic) bond motifs is 2. The van der Waals surface area contributed by atoms with E-state index in [1.54, 1.807) is 11.3 Å². The van der Waals surface area contributed by atoms with Crippen LogP contribution in [0.5, 0.6) is 0 Å². The van der Waals surface area contributed by atoms with Crippen LogP contribution in [0.1, 0.15) is 45.8 Å². The molecule has 7 nitrogen and oxygen atoms in total. The van der Waals surface area contributed by atoms with Crippen molar-refractivity contribution in [3.05, 3.63) is 34.0 Å². The number of thiophene rings is 1. The zero-order valence-corrected chi connectivity index (χ0v) is 18.2. The van der Waals surface area contributed by atoms with Crippen LogP contribution in [-0.4, -0.2) is 78.3 Å². The number of hydrogen-bond donors (Lipinski definition) is 2. The highest BCUT2D eigenvalue weighted by molar-refractivity contribution is 7.14. The zero-order valence-electron chi connectivity index (χ0n) is 17.4. The van der Waals surface area contributed by atoms with Gasteiger partial charge in [0.1, 0.15) is 0 Å². The van der Waals surface area contributed by atoms with E-state index in [2.05, 4.69) is 17.5 Å². The highest BCUT2D eigenvalue weighted by atomic mass is 32.1. The maximum atomic E-state index is 13.1. The molecule has 0 radical (unpaired) electrons. The molecule has 1 atom stereocenters. The fourth-order valence-electron chi connectivity index (χ4n) is 4.77. The molecule has 0 saturated carbocycles. The maximum absolute atomic E-state index is 13.1. The summed E-state index contributed by atoms with van der Waals surface area (Å²) >= 11 is 1.66. The van der Waals surface area contributed by atoms with Crippen molar-refractivity contribution in [2.45, 2.75) is 37.7 Å². The Morgan fingerprint density at radius 1 is 1.37 bits per heavy atom. The summed E-state index contributed by atoms with van der Waals surface area (Å²) in [4.78, 5) is 28.0. The van der Waals surface area contributed by atoms with Gasteiger partial charge in [-0.15, -0.1) is 17.9 Å². The predicted molar refractivity (Wildman–Crippen MR) is 116 cm³/mol. The number of carbonyl (C=O) groups is 2. The molecule has 0 bridgehead atoms. The van der Waals surface area contributed by atoms with E-state index >= 15 is 0 Å². The monoisotopic (exact) mass is 436 g/mol. The van der Waals surface area contributed by atoms with E-state index in [0.29, 0.717) is 6.54 Å². The van der Waals surface area contributed by atoms with Crippen molar-refractivity contribution < 1.29 is 24.5 Å². The van der Waals surface area contributed by atoms with E-state index in [1.807, 2.05) is 11.0 Å². The van der Waals surface area contributed by atoms with E-state index < -0.39 is 0 Å². The van der Waals surface area contributed by atoms with Gasteiger partial charge < -0.3 is 19.8 Å². The summed E-state index contributed by atoms with van der Waals surface area (Å²) in [5.74, 6) is 0.355. The Hall–Kier alpha value is -1.74. The third-order valence-corrected chi connectivity index (χ3v) is 7.52. The topological polar surface area (TPSA) is 90.3 Å². The number of amides is 1. The average Bonchev–Trinajstić information content (AvgIpc) is 3.22. The quantitative estimate of drug-likeness (QED) is 0.556. The Balaban J connectivity index is 0.000000806.